The molecular formula is C16H14F2N8O3S. The maximum Gasteiger partial charge on any atom is 0.327 e. The van der Waals surface area contributed by atoms with Crippen LogP contribution < -0.4 is 4.90 Å². The van der Waals surface area contributed by atoms with Gasteiger partial charge in [-0.25, -0.2) is 8.78 Å². The van der Waals surface area contributed by atoms with Gasteiger partial charge in [0.25, 0.3) is 5.91 Å². The van der Waals surface area contributed by atoms with Crippen LogP contribution in [-0.4, -0.2) is 78.5 Å². The molecule has 156 valence electrons. The Balaban J connectivity index is 1.40. The number of benzene rings is 1. The molecule has 1 aliphatic rings. The van der Waals surface area contributed by atoms with Crippen LogP contribution in [0.5, 0.6) is 0 Å². The minimum absolute atomic E-state index is 0.162. The van der Waals surface area contributed by atoms with Crippen LogP contribution in [0, 0.1) is 11.6 Å². The predicted molar refractivity (Wildman–Crippen MR) is 98.8 cm³/mol. The minimum atomic E-state index is -1.09. The Kier molecular flexibility index (Phi) is 5.31. The smallest absolute Gasteiger partial charge is 0.327 e. The van der Waals surface area contributed by atoms with E-state index >= 15 is 0 Å². The van der Waals surface area contributed by atoms with Gasteiger partial charge in [-0.05, 0) is 23.4 Å². The number of carbonyl (C=O) groups excluding carboxylic acids is 1. The molecule has 1 fully saturated rings. The standard InChI is InChI=1S/C16H14F2N8O3S/c17-9-1-2-11(18)10(7-9)15(29)24-3-5-25(6-4-24)16-21-20-14(30-16)13-19-23-26(22-13)8-12(27)28/h1-2,7H,3-6,8H2,(H,27,28). The van der Waals surface area contributed by atoms with Gasteiger partial charge in [0, 0.05) is 26.2 Å². The molecule has 3 aromatic rings. The molecule has 0 bridgehead atoms. The third-order valence-electron chi connectivity index (χ3n) is 4.33. The van der Waals surface area contributed by atoms with E-state index in [1.807, 2.05) is 4.90 Å². The summed E-state index contributed by atoms with van der Waals surface area (Å²) in [5, 5.41) is 29.2. The molecule has 0 saturated carbocycles. The number of amides is 1. The summed E-state index contributed by atoms with van der Waals surface area (Å²) in [5.74, 6) is -2.93. The summed E-state index contributed by atoms with van der Waals surface area (Å²) in [5.41, 5.74) is -0.294. The number of carbonyl (C=O) groups is 2. The first-order chi connectivity index (χ1) is 14.4. The van der Waals surface area contributed by atoms with Crippen molar-refractivity contribution in [2.75, 3.05) is 31.1 Å². The van der Waals surface area contributed by atoms with E-state index in [4.69, 9.17) is 5.11 Å². The number of piperazine rings is 1. The van der Waals surface area contributed by atoms with Crippen LogP contribution >= 0.6 is 11.3 Å². The number of halogens is 2. The summed E-state index contributed by atoms with van der Waals surface area (Å²) in [6.07, 6.45) is 0. The van der Waals surface area contributed by atoms with Gasteiger partial charge in [0.1, 0.15) is 11.6 Å². The molecular weight excluding hydrogens is 422 g/mol. The number of anilines is 1. The van der Waals surface area contributed by atoms with Crippen LogP contribution in [0.4, 0.5) is 13.9 Å². The van der Waals surface area contributed by atoms with E-state index in [1.165, 1.54) is 16.2 Å². The zero-order valence-corrected chi connectivity index (χ0v) is 16.1. The monoisotopic (exact) mass is 436 g/mol. The average molecular weight is 436 g/mol. The van der Waals surface area contributed by atoms with Crippen molar-refractivity contribution in [3.63, 3.8) is 0 Å². The SMILES string of the molecule is O=C(O)Cn1nnc(-c2nnc(N3CCN(C(=O)c4cc(F)ccc4F)CC3)s2)n1. The van der Waals surface area contributed by atoms with E-state index in [2.05, 4.69) is 25.6 Å². The quantitative estimate of drug-likeness (QED) is 0.608. The molecule has 0 radical (unpaired) electrons. The van der Waals surface area contributed by atoms with Gasteiger partial charge in [-0.1, -0.05) is 11.3 Å². The van der Waals surface area contributed by atoms with Crippen LogP contribution in [0.25, 0.3) is 10.8 Å². The Morgan fingerprint density at radius 1 is 1.10 bits per heavy atom. The normalized spacial score (nSPS) is 14.2. The van der Waals surface area contributed by atoms with Crippen LogP contribution in [0.15, 0.2) is 18.2 Å². The summed E-state index contributed by atoms with van der Waals surface area (Å²) in [7, 11) is 0. The van der Waals surface area contributed by atoms with Gasteiger partial charge in [-0.15, -0.1) is 20.4 Å². The van der Waals surface area contributed by atoms with Crippen molar-refractivity contribution in [3.8, 4) is 10.8 Å². The predicted octanol–water partition coefficient (Wildman–Crippen LogP) is 0.517. The Bertz CT molecular complexity index is 1100. The fourth-order valence-electron chi connectivity index (χ4n) is 2.88. The van der Waals surface area contributed by atoms with E-state index in [0.29, 0.717) is 36.3 Å². The molecule has 1 N–H and O–H groups in total. The molecule has 1 aromatic carbocycles. The van der Waals surface area contributed by atoms with E-state index < -0.39 is 30.1 Å². The van der Waals surface area contributed by atoms with Gasteiger partial charge < -0.3 is 14.9 Å². The molecule has 1 amide bonds. The number of carboxylic acid groups (broad SMARTS) is 1. The molecule has 14 heteroatoms. The highest BCUT2D eigenvalue weighted by molar-refractivity contribution is 7.18. The zero-order chi connectivity index (χ0) is 21.3. The van der Waals surface area contributed by atoms with E-state index in [9.17, 15) is 18.4 Å². The number of rotatable bonds is 5. The second-order valence-electron chi connectivity index (χ2n) is 6.33. The van der Waals surface area contributed by atoms with Gasteiger partial charge in [-0.3, -0.25) is 9.59 Å². The lowest BCUT2D eigenvalue weighted by Crippen LogP contribution is -2.49. The summed E-state index contributed by atoms with van der Waals surface area (Å²) in [4.78, 5) is 27.5. The van der Waals surface area contributed by atoms with Crippen molar-refractivity contribution in [2.24, 2.45) is 0 Å². The van der Waals surface area contributed by atoms with Crippen molar-refractivity contribution in [3.05, 3.63) is 35.4 Å². The first-order valence-corrected chi connectivity index (χ1v) is 9.55. The first kappa shape index (κ1) is 19.8. The van der Waals surface area contributed by atoms with Crippen LogP contribution in [-0.2, 0) is 11.3 Å². The number of carboxylic acids is 1. The molecule has 0 aliphatic carbocycles. The van der Waals surface area contributed by atoms with Crippen LogP contribution in [0.3, 0.4) is 0 Å². The summed E-state index contributed by atoms with van der Waals surface area (Å²) in [6.45, 7) is 1.04. The topological polar surface area (TPSA) is 130 Å². The van der Waals surface area contributed by atoms with Crippen molar-refractivity contribution >= 4 is 28.3 Å². The first-order valence-electron chi connectivity index (χ1n) is 8.73. The molecule has 0 atom stereocenters. The molecule has 0 unspecified atom stereocenters. The zero-order valence-electron chi connectivity index (χ0n) is 15.3. The molecule has 11 nitrogen and oxygen atoms in total. The summed E-state index contributed by atoms with van der Waals surface area (Å²) in [6, 6.07) is 2.79. The third kappa shape index (κ3) is 4.07. The van der Waals surface area contributed by atoms with E-state index in [0.717, 1.165) is 23.0 Å². The Hall–Kier alpha value is -3.55. The molecule has 30 heavy (non-hydrogen) atoms. The third-order valence-corrected chi connectivity index (χ3v) is 5.31. The van der Waals surface area contributed by atoms with Gasteiger partial charge in [0.2, 0.25) is 11.0 Å². The Morgan fingerprint density at radius 2 is 1.87 bits per heavy atom. The fourth-order valence-corrected chi connectivity index (χ4v) is 3.70. The maximum atomic E-state index is 13.9. The highest BCUT2D eigenvalue weighted by atomic mass is 32.1. The highest BCUT2D eigenvalue weighted by Crippen LogP contribution is 2.27. The van der Waals surface area contributed by atoms with Crippen molar-refractivity contribution in [1.29, 1.82) is 0 Å². The lowest BCUT2D eigenvalue weighted by Gasteiger charge is -2.34. The summed E-state index contributed by atoms with van der Waals surface area (Å²) >= 11 is 1.20. The van der Waals surface area contributed by atoms with Gasteiger partial charge in [-0.2, -0.15) is 4.80 Å². The fraction of sp³-hybridized carbons (Fsp3) is 0.312. The van der Waals surface area contributed by atoms with E-state index in [-0.39, 0.29) is 11.4 Å². The van der Waals surface area contributed by atoms with Crippen LogP contribution in [0.2, 0.25) is 0 Å². The molecule has 2 aromatic heterocycles. The molecule has 3 heterocycles. The van der Waals surface area contributed by atoms with Gasteiger partial charge in [0.15, 0.2) is 11.6 Å². The second-order valence-corrected chi connectivity index (χ2v) is 7.29. The minimum Gasteiger partial charge on any atom is -0.480 e. The van der Waals surface area contributed by atoms with Crippen molar-refractivity contribution < 1.29 is 23.5 Å². The molecule has 1 saturated heterocycles. The van der Waals surface area contributed by atoms with E-state index in [1.54, 1.807) is 0 Å². The Morgan fingerprint density at radius 3 is 2.60 bits per heavy atom. The largest absolute Gasteiger partial charge is 0.480 e. The second kappa shape index (κ2) is 8.06. The van der Waals surface area contributed by atoms with Crippen molar-refractivity contribution in [2.45, 2.75) is 6.54 Å². The summed E-state index contributed by atoms with van der Waals surface area (Å²) < 4.78 is 27.2. The van der Waals surface area contributed by atoms with Crippen LogP contribution in [0.1, 0.15) is 10.4 Å². The number of hydrogen-bond acceptors (Lipinski definition) is 9. The molecule has 4 rings (SSSR count). The average Bonchev–Trinajstić information content (AvgIpc) is 3.38. The lowest BCUT2D eigenvalue weighted by molar-refractivity contribution is -0.138. The number of tetrazole rings is 1. The number of aliphatic carboxylic acids is 1. The highest BCUT2D eigenvalue weighted by Gasteiger charge is 2.26. The molecule has 1 aliphatic heterocycles. The maximum absolute atomic E-state index is 13.9. The van der Waals surface area contributed by atoms with Gasteiger partial charge >= 0.3 is 5.97 Å². The molecule has 0 spiro atoms. The number of hydrogen-bond donors (Lipinski definition) is 1. The van der Waals surface area contributed by atoms with Crippen molar-refractivity contribution in [1.82, 2.24) is 35.3 Å². The lowest BCUT2D eigenvalue weighted by atomic mass is 10.1. The number of aromatic nitrogens is 6. The van der Waals surface area contributed by atoms with Gasteiger partial charge in [0.05, 0.1) is 5.56 Å². The number of nitrogens with zero attached hydrogens (tertiary/aromatic N) is 8. The Labute approximate surface area is 171 Å².